The largest absolute Gasteiger partial charge is 0.383 e. The van der Waals surface area contributed by atoms with Crippen LogP contribution in [-0.4, -0.2) is 28.0 Å². The van der Waals surface area contributed by atoms with Crippen molar-refractivity contribution in [3.05, 3.63) is 77.3 Å². The molecule has 0 saturated carbocycles. The standard InChI is InChI=1S/C22H20ClFN6/c1-14-12-21(29-17-5-3-16(24)4-6-17)30-22(28-14)27-11-10-26-19-8-9-25-20-13-15(23)2-7-18(19)20/h2-9,12-13H,10-11H2,1H3,(H,25,26)(H2,27,28,29,30). The zero-order valence-corrected chi connectivity index (χ0v) is 17.0. The Labute approximate surface area is 178 Å². The van der Waals surface area contributed by atoms with Crippen LogP contribution in [0.25, 0.3) is 10.9 Å². The van der Waals surface area contributed by atoms with Crippen molar-refractivity contribution in [2.24, 2.45) is 0 Å². The normalized spacial score (nSPS) is 10.8. The summed E-state index contributed by atoms with van der Waals surface area (Å²) in [5.74, 6) is 0.883. The van der Waals surface area contributed by atoms with E-state index in [0.717, 1.165) is 28.0 Å². The van der Waals surface area contributed by atoms with Gasteiger partial charge in [0, 0.05) is 52.8 Å². The fraction of sp³-hybridized carbons (Fsp3) is 0.136. The predicted molar refractivity (Wildman–Crippen MR) is 120 cm³/mol. The number of aromatic nitrogens is 3. The summed E-state index contributed by atoms with van der Waals surface area (Å²) in [4.78, 5) is 13.2. The Bertz CT molecular complexity index is 1170. The lowest BCUT2D eigenvalue weighted by Gasteiger charge is -2.12. The number of aryl methyl sites for hydroxylation is 1. The van der Waals surface area contributed by atoms with E-state index in [1.54, 1.807) is 18.3 Å². The van der Waals surface area contributed by atoms with Crippen LogP contribution >= 0.6 is 11.6 Å². The molecule has 8 heteroatoms. The number of anilines is 4. The average molecular weight is 423 g/mol. The molecule has 0 aliphatic heterocycles. The molecule has 4 aromatic rings. The number of fused-ring (bicyclic) bond motifs is 1. The minimum Gasteiger partial charge on any atom is -0.383 e. The van der Waals surface area contributed by atoms with Gasteiger partial charge in [0.1, 0.15) is 11.6 Å². The van der Waals surface area contributed by atoms with E-state index in [2.05, 4.69) is 30.9 Å². The molecule has 0 radical (unpaired) electrons. The zero-order chi connectivity index (χ0) is 20.9. The molecular weight excluding hydrogens is 403 g/mol. The van der Waals surface area contributed by atoms with Crippen molar-refractivity contribution in [1.82, 2.24) is 15.0 Å². The number of nitrogens with one attached hydrogen (secondary N) is 3. The molecule has 0 saturated heterocycles. The van der Waals surface area contributed by atoms with Gasteiger partial charge >= 0.3 is 0 Å². The van der Waals surface area contributed by atoms with E-state index in [1.807, 2.05) is 37.3 Å². The van der Waals surface area contributed by atoms with Crippen molar-refractivity contribution >= 4 is 45.6 Å². The van der Waals surface area contributed by atoms with Gasteiger partial charge in [-0.25, -0.2) is 9.37 Å². The van der Waals surface area contributed by atoms with Crippen LogP contribution in [0.1, 0.15) is 5.69 Å². The molecule has 0 fully saturated rings. The number of nitrogens with zero attached hydrogens (tertiary/aromatic N) is 3. The molecule has 0 aliphatic rings. The quantitative estimate of drug-likeness (QED) is 0.346. The van der Waals surface area contributed by atoms with Gasteiger partial charge in [-0.05, 0) is 55.5 Å². The Morgan fingerprint density at radius 2 is 1.73 bits per heavy atom. The number of pyridine rings is 1. The molecule has 0 amide bonds. The SMILES string of the molecule is Cc1cc(Nc2ccc(F)cc2)nc(NCCNc2ccnc3cc(Cl)ccc23)n1. The minimum atomic E-state index is -0.278. The maximum atomic E-state index is 13.1. The number of halogens is 2. The van der Waals surface area contributed by atoms with Crippen LogP contribution in [0.4, 0.5) is 27.5 Å². The first kappa shape index (κ1) is 19.8. The average Bonchev–Trinajstić information content (AvgIpc) is 2.72. The summed E-state index contributed by atoms with van der Waals surface area (Å²) in [6.45, 7) is 3.19. The molecule has 0 aliphatic carbocycles. The highest BCUT2D eigenvalue weighted by Gasteiger charge is 2.05. The molecule has 2 aromatic carbocycles. The van der Waals surface area contributed by atoms with Crippen molar-refractivity contribution in [1.29, 1.82) is 0 Å². The first-order chi connectivity index (χ1) is 14.6. The van der Waals surface area contributed by atoms with Gasteiger partial charge in [-0.1, -0.05) is 11.6 Å². The van der Waals surface area contributed by atoms with Gasteiger partial charge in [0.15, 0.2) is 0 Å². The Kier molecular flexibility index (Phi) is 5.90. The molecule has 0 atom stereocenters. The summed E-state index contributed by atoms with van der Waals surface area (Å²) in [6.07, 6.45) is 1.76. The Morgan fingerprint density at radius 3 is 2.57 bits per heavy atom. The summed E-state index contributed by atoms with van der Waals surface area (Å²) in [5.41, 5.74) is 3.41. The second kappa shape index (κ2) is 8.92. The maximum Gasteiger partial charge on any atom is 0.224 e. The van der Waals surface area contributed by atoms with Gasteiger partial charge < -0.3 is 16.0 Å². The third-order valence-corrected chi connectivity index (χ3v) is 4.63. The first-order valence-corrected chi connectivity index (χ1v) is 9.85. The van der Waals surface area contributed by atoms with Crippen LogP contribution in [0.15, 0.2) is 60.8 Å². The molecule has 2 aromatic heterocycles. The summed E-state index contributed by atoms with van der Waals surface area (Å²) in [6, 6.07) is 15.5. The number of hydrogen-bond donors (Lipinski definition) is 3. The highest BCUT2D eigenvalue weighted by Crippen LogP contribution is 2.24. The molecule has 4 rings (SSSR count). The third-order valence-electron chi connectivity index (χ3n) is 4.40. The van der Waals surface area contributed by atoms with E-state index in [4.69, 9.17) is 11.6 Å². The molecular formula is C22H20ClFN6. The molecule has 30 heavy (non-hydrogen) atoms. The van der Waals surface area contributed by atoms with Crippen LogP contribution in [0.3, 0.4) is 0 Å². The van der Waals surface area contributed by atoms with Crippen molar-refractivity contribution in [2.45, 2.75) is 6.92 Å². The molecule has 0 unspecified atom stereocenters. The van der Waals surface area contributed by atoms with E-state index < -0.39 is 0 Å². The molecule has 6 nitrogen and oxygen atoms in total. The molecule has 0 bridgehead atoms. The van der Waals surface area contributed by atoms with E-state index in [0.29, 0.717) is 29.9 Å². The highest BCUT2D eigenvalue weighted by molar-refractivity contribution is 6.31. The van der Waals surface area contributed by atoms with Crippen LogP contribution in [0.5, 0.6) is 0 Å². The predicted octanol–water partition coefficient (Wildman–Crippen LogP) is 5.39. The minimum absolute atomic E-state index is 0.278. The fourth-order valence-electron chi connectivity index (χ4n) is 3.04. The van der Waals surface area contributed by atoms with Crippen molar-refractivity contribution in [3.63, 3.8) is 0 Å². The summed E-state index contributed by atoms with van der Waals surface area (Å²) < 4.78 is 13.1. The van der Waals surface area contributed by atoms with Crippen LogP contribution in [0, 0.1) is 12.7 Å². The second-order valence-corrected chi connectivity index (χ2v) is 7.16. The number of benzene rings is 2. The highest BCUT2D eigenvalue weighted by atomic mass is 35.5. The van der Waals surface area contributed by atoms with Crippen LogP contribution in [0.2, 0.25) is 5.02 Å². The van der Waals surface area contributed by atoms with Gasteiger partial charge in [0.2, 0.25) is 5.95 Å². The topological polar surface area (TPSA) is 74.8 Å². The van der Waals surface area contributed by atoms with Crippen LogP contribution in [-0.2, 0) is 0 Å². The number of hydrogen-bond acceptors (Lipinski definition) is 6. The van der Waals surface area contributed by atoms with Crippen LogP contribution < -0.4 is 16.0 Å². The Morgan fingerprint density at radius 1 is 0.933 bits per heavy atom. The van der Waals surface area contributed by atoms with Gasteiger partial charge in [0.25, 0.3) is 0 Å². The van der Waals surface area contributed by atoms with Crippen molar-refractivity contribution in [2.75, 3.05) is 29.0 Å². The maximum absolute atomic E-state index is 13.1. The van der Waals surface area contributed by atoms with Gasteiger partial charge in [-0.3, -0.25) is 4.98 Å². The van der Waals surface area contributed by atoms with E-state index >= 15 is 0 Å². The smallest absolute Gasteiger partial charge is 0.224 e. The molecule has 3 N–H and O–H groups in total. The van der Waals surface area contributed by atoms with E-state index in [-0.39, 0.29) is 5.82 Å². The van der Waals surface area contributed by atoms with E-state index in [9.17, 15) is 4.39 Å². The summed E-state index contributed by atoms with van der Waals surface area (Å²) >= 11 is 6.04. The summed E-state index contributed by atoms with van der Waals surface area (Å²) in [7, 11) is 0. The molecule has 0 spiro atoms. The second-order valence-electron chi connectivity index (χ2n) is 6.72. The zero-order valence-electron chi connectivity index (χ0n) is 16.3. The third kappa shape index (κ3) is 4.93. The summed E-state index contributed by atoms with van der Waals surface area (Å²) in [5, 5.41) is 11.5. The van der Waals surface area contributed by atoms with Gasteiger partial charge in [0.05, 0.1) is 5.52 Å². The lowest BCUT2D eigenvalue weighted by atomic mass is 10.2. The molecule has 2 heterocycles. The number of rotatable bonds is 7. The van der Waals surface area contributed by atoms with Gasteiger partial charge in [-0.15, -0.1) is 0 Å². The Hall–Kier alpha value is -3.45. The van der Waals surface area contributed by atoms with Crippen molar-refractivity contribution < 1.29 is 4.39 Å². The lowest BCUT2D eigenvalue weighted by Crippen LogP contribution is -2.16. The van der Waals surface area contributed by atoms with Gasteiger partial charge in [-0.2, -0.15) is 4.98 Å². The fourth-order valence-corrected chi connectivity index (χ4v) is 3.21. The molecule has 152 valence electrons. The Balaban J connectivity index is 1.37. The monoisotopic (exact) mass is 422 g/mol. The van der Waals surface area contributed by atoms with Crippen molar-refractivity contribution in [3.8, 4) is 0 Å². The lowest BCUT2D eigenvalue weighted by molar-refractivity contribution is 0.628. The first-order valence-electron chi connectivity index (χ1n) is 9.47. The van der Waals surface area contributed by atoms with E-state index in [1.165, 1.54) is 12.1 Å².